The lowest BCUT2D eigenvalue weighted by Gasteiger charge is -2.40. The lowest BCUT2D eigenvalue weighted by molar-refractivity contribution is -0.302. The van der Waals surface area contributed by atoms with Crippen LogP contribution in [-0.2, 0) is 14.3 Å². The van der Waals surface area contributed by atoms with Crippen LogP contribution in [0, 0.1) is 0 Å². The van der Waals surface area contributed by atoms with Crippen LogP contribution < -0.4 is 5.32 Å². The summed E-state index contributed by atoms with van der Waals surface area (Å²) in [5.74, 6) is -0.624. The Balaban J connectivity index is 2.27. The Morgan fingerprint density at radius 3 is 1.43 bits per heavy atom. The van der Waals surface area contributed by atoms with Crippen LogP contribution in [0.5, 0.6) is 0 Å². The van der Waals surface area contributed by atoms with Crippen LogP contribution in [0.2, 0.25) is 0 Å². The number of carbonyl (C=O) groups is 1. The van der Waals surface area contributed by atoms with E-state index in [4.69, 9.17) is 9.47 Å². The zero-order chi connectivity index (χ0) is 44.6. The predicted octanol–water partition coefficient (Wildman–Crippen LogP) is 10.4. The maximum absolute atomic E-state index is 13.1. The molecule has 1 fully saturated rings. The van der Waals surface area contributed by atoms with Gasteiger partial charge in [0.15, 0.2) is 6.29 Å². The minimum absolute atomic E-state index is 0.308. The summed E-state index contributed by atoms with van der Waals surface area (Å²) in [6.07, 6.45) is 40.0. The second-order valence-corrected chi connectivity index (χ2v) is 18.1. The van der Waals surface area contributed by atoms with Gasteiger partial charge >= 0.3 is 0 Å². The third kappa shape index (κ3) is 31.2. The number of nitrogens with one attached hydrogen (secondary N) is 1. The van der Waals surface area contributed by atoms with E-state index in [1.807, 2.05) is 6.08 Å². The fourth-order valence-corrected chi connectivity index (χ4v) is 8.18. The molecule has 0 aromatic heterocycles. The predicted molar refractivity (Wildman–Crippen MR) is 250 cm³/mol. The van der Waals surface area contributed by atoms with Crippen LogP contribution in [0.25, 0.3) is 0 Å². The van der Waals surface area contributed by atoms with Crippen molar-refractivity contribution in [3.05, 3.63) is 24.3 Å². The summed E-state index contributed by atoms with van der Waals surface area (Å²) in [6.45, 7) is 3.59. The highest BCUT2D eigenvalue weighted by Gasteiger charge is 2.44. The summed E-state index contributed by atoms with van der Waals surface area (Å²) in [6, 6.07) is -0.992. The number of aliphatic hydroxyl groups excluding tert-OH is 6. The molecule has 1 aliphatic rings. The van der Waals surface area contributed by atoms with Gasteiger partial charge in [-0.05, 0) is 32.1 Å². The van der Waals surface area contributed by atoms with E-state index < -0.39 is 61.5 Å². The Morgan fingerprint density at radius 1 is 0.557 bits per heavy atom. The largest absolute Gasteiger partial charge is 0.394 e. The molecule has 61 heavy (non-hydrogen) atoms. The molecule has 0 aromatic carbocycles. The molecule has 1 rings (SSSR count). The molecule has 0 bridgehead atoms. The van der Waals surface area contributed by atoms with Crippen LogP contribution in [0.15, 0.2) is 24.3 Å². The van der Waals surface area contributed by atoms with Gasteiger partial charge in [-0.2, -0.15) is 0 Å². The smallest absolute Gasteiger partial charge is 0.249 e. The molecule has 0 aliphatic carbocycles. The highest BCUT2D eigenvalue weighted by atomic mass is 16.7. The molecule has 1 saturated heterocycles. The molecule has 10 heteroatoms. The van der Waals surface area contributed by atoms with Gasteiger partial charge in [0.05, 0.1) is 25.4 Å². The normalized spacial score (nSPS) is 21.1. The number of ether oxygens (including phenoxy) is 2. The molecule has 1 amide bonds. The number of hydrogen-bond donors (Lipinski definition) is 7. The molecule has 0 aromatic rings. The Kier molecular flexibility index (Phi) is 39.1. The first-order chi connectivity index (χ1) is 29.8. The van der Waals surface area contributed by atoms with E-state index in [2.05, 4.69) is 31.3 Å². The highest BCUT2D eigenvalue weighted by Crippen LogP contribution is 2.23. The van der Waals surface area contributed by atoms with E-state index in [0.29, 0.717) is 19.3 Å². The molecular formula is C51H97NO9. The van der Waals surface area contributed by atoms with Gasteiger partial charge in [0, 0.05) is 0 Å². The number of rotatable bonds is 43. The fourth-order valence-electron chi connectivity index (χ4n) is 8.18. The van der Waals surface area contributed by atoms with Gasteiger partial charge in [-0.15, -0.1) is 0 Å². The minimum Gasteiger partial charge on any atom is -0.394 e. The highest BCUT2D eigenvalue weighted by molar-refractivity contribution is 5.80. The van der Waals surface area contributed by atoms with E-state index in [1.165, 1.54) is 167 Å². The van der Waals surface area contributed by atoms with Crippen molar-refractivity contribution in [2.45, 2.75) is 281 Å². The van der Waals surface area contributed by atoms with Gasteiger partial charge in [0.2, 0.25) is 5.91 Å². The van der Waals surface area contributed by atoms with E-state index in [0.717, 1.165) is 32.1 Å². The van der Waals surface area contributed by atoms with Gasteiger partial charge < -0.3 is 45.4 Å². The van der Waals surface area contributed by atoms with E-state index in [9.17, 15) is 35.4 Å². The number of allylic oxidation sites excluding steroid dienone is 3. The summed E-state index contributed by atoms with van der Waals surface area (Å²) in [4.78, 5) is 13.1. The van der Waals surface area contributed by atoms with Crippen molar-refractivity contribution >= 4 is 5.91 Å². The molecule has 1 heterocycles. The quantitative estimate of drug-likeness (QED) is 0.0233. The van der Waals surface area contributed by atoms with Crippen LogP contribution in [0.1, 0.15) is 232 Å². The van der Waals surface area contributed by atoms with Gasteiger partial charge in [0.25, 0.3) is 0 Å². The number of amides is 1. The summed E-state index contributed by atoms with van der Waals surface area (Å²) < 4.78 is 11.1. The third-order valence-electron chi connectivity index (χ3n) is 12.4. The molecule has 8 atom stereocenters. The Bertz CT molecular complexity index is 1030. The lowest BCUT2D eigenvalue weighted by atomic mass is 9.99. The van der Waals surface area contributed by atoms with Crippen LogP contribution in [-0.4, -0.2) is 98.7 Å². The zero-order valence-electron chi connectivity index (χ0n) is 39.3. The van der Waals surface area contributed by atoms with Crippen molar-refractivity contribution in [3.8, 4) is 0 Å². The second kappa shape index (κ2) is 41.3. The summed E-state index contributed by atoms with van der Waals surface area (Å²) in [5.41, 5.74) is 0. The first-order valence-corrected chi connectivity index (χ1v) is 25.7. The van der Waals surface area contributed by atoms with Gasteiger partial charge in [0.1, 0.15) is 30.5 Å². The maximum Gasteiger partial charge on any atom is 0.249 e. The van der Waals surface area contributed by atoms with Crippen molar-refractivity contribution in [1.82, 2.24) is 5.32 Å². The van der Waals surface area contributed by atoms with Crippen molar-refractivity contribution in [2.75, 3.05) is 13.2 Å². The first-order valence-electron chi connectivity index (χ1n) is 25.7. The average molecular weight is 868 g/mol. The van der Waals surface area contributed by atoms with E-state index in [-0.39, 0.29) is 6.61 Å². The molecule has 1 aliphatic heterocycles. The van der Waals surface area contributed by atoms with Crippen molar-refractivity contribution < 1.29 is 44.9 Å². The summed E-state index contributed by atoms with van der Waals surface area (Å²) >= 11 is 0. The molecule has 0 saturated carbocycles. The molecule has 0 radical (unpaired) electrons. The lowest BCUT2D eigenvalue weighted by Crippen LogP contribution is -2.60. The average Bonchev–Trinajstić information content (AvgIpc) is 3.26. The monoisotopic (exact) mass is 868 g/mol. The molecule has 7 N–H and O–H groups in total. The minimum atomic E-state index is -1.61. The van der Waals surface area contributed by atoms with Gasteiger partial charge in [-0.3, -0.25) is 4.79 Å². The van der Waals surface area contributed by atoms with Gasteiger partial charge in [-0.25, -0.2) is 0 Å². The Labute approximate surface area is 373 Å². The second-order valence-electron chi connectivity index (χ2n) is 18.1. The third-order valence-corrected chi connectivity index (χ3v) is 12.4. The zero-order valence-corrected chi connectivity index (χ0v) is 39.3. The molecule has 0 spiro atoms. The van der Waals surface area contributed by atoms with Gasteiger partial charge in [-0.1, -0.05) is 224 Å². The first kappa shape index (κ1) is 57.6. The number of unbranched alkanes of at least 4 members (excludes halogenated alkanes) is 30. The molecular weight excluding hydrogens is 771 g/mol. The Morgan fingerprint density at radius 2 is 0.967 bits per heavy atom. The topological polar surface area (TPSA) is 169 Å². The molecule has 360 valence electrons. The van der Waals surface area contributed by atoms with Crippen molar-refractivity contribution in [1.29, 1.82) is 0 Å². The van der Waals surface area contributed by atoms with E-state index in [1.54, 1.807) is 6.08 Å². The van der Waals surface area contributed by atoms with Crippen molar-refractivity contribution in [3.63, 3.8) is 0 Å². The van der Waals surface area contributed by atoms with Crippen LogP contribution in [0.4, 0.5) is 0 Å². The van der Waals surface area contributed by atoms with Crippen molar-refractivity contribution in [2.24, 2.45) is 0 Å². The number of aliphatic hydroxyl groups is 6. The molecule has 10 nitrogen and oxygen atoms in total. The van der Waals surface area contributed by atoms with Crippen LogP contribution in [0.3, 0.4) is 0 Å². The molecule has 8 unspecified atom stereocenters. The van der Waals surface area contributed by atoms with Crippen LogP contribution >= 0.6 is 0 Å². The fraction of sp³-hybridized carbons (Fsp3) is 0.902. The maximum atomic E-state index is 13.1. The summed E-state index contributed by atoms with van der Waals surface area (Å²) in [5, 5.41) is 64.7. The standard InChI is InChI=1S/C51H97NO9/c1-3-5-7-9-11-13-15-17-18-19-20-21-22-23-24-25-26-27-28-30-32-34-36-38-40-45(55)50(59)52-43(42-60-51-49(58)48(57)47(56)46(41-53)61-51)44(54)39-37-35-33-31-29-16-14-12-10-8-6-4-2/h29,31,37,39,43-49,51,53-58H,3-28,30,32-36,38,40-42H2,1-2H3,(H,52,59)/b31-29+,39-37+. The summed E-state index contributed by atoms with van der Waals surface area (Å²) in [7, 11) is 0. The number of carbonyl (C=O) groups excluding carboxylic acids is 1. The number of hydrogen-bond acceptors (Lipinski definition) is 9. The Hall–Kier alpha value is -1.37. The SMILES string of the molecule is CCCCCCCC/C=C/CC/C=C/C(O)C(COC1OC(CO)C(O)C(O)C1O)NC(=O)C(O)CCCCCCCCCCCCCCCCCCCCCCCCCC. The van der Waals surface area contributed by atoms with E-state index >= 15 is 0 Å².